The summed E-state index contributed by atoms with van der Waals surface area (Å²) in [6.45, 7) is 2.86. The summed E-state index contributed by atoms with van der Waals surface area (Å²) in [7, 11) is -15.9. The fraction of sp³-hybridized carbons (Fsp3) is 0.0244. The van der Waals surface area contributed by atoms with Gasteiger partial charge in [0.05, 0.1) is 12.1 Å². The molecule has 10 nitrogen and oxygen atoms in total. The van der Waals surface area contributed by atoms with E-state index in [1.807, 2.05) is 32.4 Å². The molecule has 0 radical (unpaired) electrons. The molecule has 0 saturated carbocycles. The molecule has 0 saturated heterocycles. The first-order valence-electron chi connectivity index (χ1n) is 31.8. The van der Waals surface area contributed by atoms with Crippen LogP contribution in [0.4, 0.5) is 0 Å². The van der Waals surface area contributed by atoms with Gasteiger partial charge in [0.2, 0.25) is 14.8 Å². The fourth-order valence-electron chi connectivity index (χ4n) is 11.5. The van der Waals surface area contributed by atoms with Crippen LogP contribution < -0.4 is 63.7 Å². The summed E-state index contributed by atoms with van der Waals surface area (Å²) >= 11 is 27.2. The van der Waals surface area contributed by atoms with Gasteiger partial charge in [0.1, 0.15) is 45.9 Å². The third kappa shape index (κ3) is 17.3. The number of benzene rings is 12. The van der Waals surface area contributed by atoms with Gasteiger partial charge in [-0.2, -0.15) is 10.5 Å². The number of nitriles is 2. The minimum atomic E-state index is -5.90. The van der Waals surface area contributed by atoms with Gasteiger partial charge in [0.15, 0.2) is 0 Å². The van der Waals surface area contributed by atoms with Gasteiger partial charge in [0, 0.05) is 45.7 Å². The van der Waals surface area contributed by atoms with Gasteiger partial charge in [0.25, 0.3) is 0 Å². The number of nitrogens with zero attached hydrogens (tertiary/aromatic N) is 10. The van der Waals surface area contributed by atoms with Crippen molar-refractivity contribution in [2.75, 3.05) is 0 Å². The zero-order chi connectivity index (χ0) is 73.1. The van der Waals surface area contributed by atoms with Crippen molar-refractivity contribution >= 4 is 176 Å². The SMILES string of the molecule is CC#N.CC#N.[S-]C#[N+][Si-2]([N+]#C[S-])([N+]#C[S-])([N+]#C[S-])([N+]#C[S-])[N+]#C[S-].c1ccc(P(=N[P+](c2ccccc2)(c2ccccc2)c2ccccc2)(c2ccccc2)c2ccccc2)cc1.c1ccc(P(=N[P+](c2ccccc2)(c2ccccc2)c2ccccc2)(c2ccccc2)c2ccccc2)cc1. The molecule has 0 aliphatic carbocycles. The van der Waals surface area contributed by atoms with Crippen LogP contribution in [0.5, 0.6) is 0 Å². The second-order valence-corrected chi connectivity index (χ2v) is 40.1. The summed E-state index contributed by atoms with van der Waals surface area (Å²) in [6, 6.07) is 135. The van der Waals surface area contributed by atoms with Crippen LogP contribution in [0.25, 0.3) is 27.1 Å². The van der Waals surface area contributed by atoms with E-state index in [0.717, 1.165) is 0 Å². The maximum atomic E-state index is 7.32. The average Bonchev–Trinajstić information content (AvgIpc) is 0.693. The number of thiocyanates is 6. The molecule has 12 rings (SSSR count). The van der Waals surface area contributed by atoms with E-state index in [2.05, 4.69) is 467 Å². The van der Waals surface area contributed by atoms with Crippen LogP contribution >= 0.6 is 28.9 Å². The normalized spacial score (nSPS) is 10.9. The molecular weight excluding hydrogens is 1470 g/mol. The Labute approximate surface area is 639 Å². The molecule has 0 spiro atoms. The Balaban J connectivity index is 0.000000199. The molecule has 0 aliphatic rings. The molecule has 0 fully saturated rings. The smallest absolute Gasteiger partial charge is 0.121 e. The molecule has 0 heterocycles. The summed E-state index contributed by atoms with van der Waals surface area (Å²) in [5.74, 6) is 0. The van der Waals surface area contributed by atoms with E-state index >= 15 is 0 Å². The predicted molar refractivity (Wildman–Crippen MR) is 461 cm³/mol. The van der Waals surface area contributed by atoms with E-state index in [1.54, 1.807) is 12.1 Å². The fourth-order valence-corrected chi connectivity index (χ4v) is 36.2. The Bertz CT molecular complexity index is 4530. The van der Waals surface area contributed by atoms with Crippen LogP contribution in [0.2, 0.25) is 0 Å². The second-order valence-electron chi connectivity index (χ2n) is 21.9. The monoisotopic (exact) mass is 1530 g/mol. The van der Waals surface area contributed by atoms with Crippen molar-refractivity contribution in [1.82, 2.24) is 0 Å². The second kappa shape index (κ2) is 37.9. The Hall–Kier alpha value is -10.6. The zero-order valence-electron chi connectivity index (χ0n) is 55.9. The molecule has 12 aromatic carbocycles. The average molecular weight is 1540 g/mol. The first kappa shape index (κ1) is 78.1. The van der Waals surface area contributed by atoms with Gasteiger partial charge in [-0.25, -0.2) is 0 Å². The van der Waals surface area contributed by atoms with E-state index < -0.39 is 36.5 Å². The summed E-state index contributed by atoms with van der Waals surface area (Å²) in [6.07, 6.45) is 0. The molecule has 0 aliphatic heterocycles. The molecule has 0 N–H and O–H groups in total. The Morgan fingerprint density at radius 2 is 0.359 bits per heavy atom. The van der Waals surface area contributed by atoms with Crippen molar-refractivity contribution in [3.8, 4) is 44.5 Å². The van der Waals surface area contributed by atoms with Crippen LogP contribution in [-0.4, -0.2) is 7.60 Å². The maximum absolute atomic E-state index is 7.32. The molecule has 0 atom stereocenters. The minimum absolute atomic E-state index is 1.26. The third-order valence-corrected chi connectivity index (χ3v) is 37.9. The van der Waals surface area contributed by atoms with Crippen molar-refractivity contribution < 1.29 is 0 Å². The van der Waals surface area contributed by atoms with Crippen molar-refractivity contribution in [3.63, 3.8) is 0 Å². The van der Waals surface area contributed by atoms with Crippen molar-refractivity contribution in [2.24, 2.45) is 9.03 Å². The molecule has 12 aromatic rings. The number of hydrogen-bond acceptors (Lipinski definition) is 10. The molecular formula is C82H66N10P4S6Si. The predicted octanol–water partition coefficient (Wildman–Crippen LogP) is 16.6. The van der Waals surface area contributed by atoms with Crippen LogP contribution in [-0.2, 0) is 75.8 Å². The molecule has 0 bridgehead atoms. The third-order valence-electron chi connectivity index (χ3n) is 15.9. The Morgan fingerprint density at radius 1 is 0.243 bits per heavy atom. The Morgan fingerprint density at radius 3 is 0.476 bits per heavy atom. The van der Waals surface area contributed by atoms with E-state index in [9.17, 15) is 0 Å². The van der Waals surface area contributed by atoms with Gasteiger partial charge in [-0.1, -0.05) is 291 Å². The molecule has 504 valence electrons. The molecule has 0 amide bonds. The standard InChI is InChI=1S/2C36H30NP2.C6H6N6S6Si.2C2H3N/c2*1-7-19-31(20-8-1)38(32-21-9-2-10-22-32,33-23-11-3-12-24-33)37-39(34-25-13-4-14-26-34,35-27-15-5-16-28-35)36-29-17-6-18-30-36;13-1-7-19(8-2-14,9-3-15,10-4-16,11-5-17)12-6-18;2*1-2-3/h2*1-30H;13-18H;2*1H3/q2*+1;+4;;/p-6. The molecule has 103 heavy (non-hydrogen) atoms. The minimum Gasteiger partial charge on any atom is -0.121 e. The molecule has 0 aromatic heterocycles. The molecule has 21 heteroatoms. The summed E-state index contributed by atoms with van der Waals surface area (Å²) < 4.78 is 35.0. The van der Waals surface area contributed by atoms with Crippen molar-refractivity contribution in [2.45, 2.75) is 13.8 Å². The number of hydrogen-bond donors (Lipinski definition) is 0. The maximum Gasteiger partial charge on any atom is 0.228 e. The topological polar surface area (TPSA) is 98.5 Å². The summed E-state index contributed by atoms with van der Waals surface area (Å²) in [4.78, 5) is 0. The van der Waals surface area contributed by atoms with E-state index in [0.29, 0.717) is 0 Å². The van der Waals surface area contributed by atoms with Gasteiger partial charge in [-0.15, -0.1) is 9.03 Å². The first-order valence-corrected chi connectivity index (χ1v) is 43.9. The zero-order valence-corrected chi connectivity index (χ0v) is 65.3. The van der Waals surface area contributed by atoms with Gasteiger partial charge < -0.3 is 0 Å². The van der Waals surface area contributed by atoms with Crippen LogP contribution in [0, 0.1) is 55.1 Å². The first-order chi connectivity index (χ1) is 50.5. The van der Waals surface area contributed by atoms with E-state index in [4.69, 9.17) is 19.6 Å². The van der Waals surface area contributed by atoms with E-state index in [1.165, 1.54) is 77.5 Å². The van der Waals surface area contributed by atoms with Gasteiger partial charge >= 0.3 is 143 Å². The summed E-state index contributed by atoms with van der Waals surface area (Å²) in [5.41, 5.74) is 0. The Kier molecular flexibility index (Phi) is 28.8. The molecule has 0 unspecified atom stereocenters. The van der Waals surface area contributed by atoms with Gasteiger partial charge in [-0.3, -0.25) is 0 Å². The summed E-state index contributed by atoms with van der Waals surface area (Å²) in [5, 5.41) is 41.7. The van der Waals surface area contributed by atoms with Crippen LogP contribution in [0.15, 0.2) is 373 Å². The largest absolute Gasteiger partial charge is 0.228 e. The van der Waals surface area contributed by atoms with Crippen molar-refractivity contribution in [1.29, 1.82) is 10.5 Å². The van der Waals surface area contributed by atoms with Crippen LogP contribution in [0.3, 0.4) is 0 Å². The quantitative estimate of drug-likeness (QED) is 0.0460. The van der Waals surface area contributed by atoms with Crippen LogP contribution in [0.1, 0.15) is 13.8 Å². The van der Waals surface area contributed by atoms with E-state index in [-0.39, 0.29) is 0 Å². The number of rotatable bonds is 14. The van der Waals surface area contributed by atoms with Crippen molar-refractivity contribution in [3.05, 3.63) is 391 Å². The van der Waals surface area contributed by atoms with Gasteiger partial charge in [-0.05, 0) is 72.8 Å².